The number of carbonyl (C=O) groups excluding carboxylic acids is 2. The average molecular weight is 327 g/mol. The first-order valence-corrected chi connectivity index (χ1v) is 7.55. The highest BCUT2D eigenvalue weighted by Gasteiger charge is 2.26. The Morgan fingerprint density at radius 1 is 1.42 bits per heavy atom. The smallest absolute Gasteiger partial charge is 0.267 e. The highest BCUT2D eigenvalue weighted by molar-refractivity contribution is 5.92. The van der Waals surface area contributed by atoms with Crippen LogP contribution in [0.2, 0.25) is 0 Å². The molecule has 0 saturated carbocycles. The molecular formula is C17H17N3O4. The number of rotatable bonds is 5. The zero-order valence-corrected chi connectivity index (χ0v) is 12.9. The molecule has 7 nitrogen and oxygen atoms in total. The van der Waals surface area contributed by atoms with E-state index in [2.05, 4.69) is 4.98 Å². The van der Waals surface area contributed by atoms with Crippen LogP contribution < -0.4 is 10.5 Å². The lowest BCUT2D eigenvalue weighted by Crippen LogP contribution is -2.29. The predicted molar refractivity (Wildman–Crippen MR) is 86.1 cm³/mol. The minimum Gasteiger partial charge on any atom is -0.488 e. The molecule has 3 rings (SSSR count). The summed E-state index contributed by atoms with van der Waals surface area (Å²) < 4.78 is 11.0. The fraction of sp³-hybridized carbons (Fsp3) is 0.235. The van der Waals surface area contributed by atoms with Crippen LogP contribution in [0.25, 0.3) is 6.08 Å². The van der Waals surface area contributed by atoms with Crippen LogP contribution in [0.5, 0.6) is 5.75 Å². The number of nitrogens with zero attached hydrogens (tertiary/aromatic N) is 2. The molecule has 1 atom stereocenters. The van der Waals surface area contributed by atoms with Crippen LogP contribution in [0.15, 0.2) is 47.2 Å². The van der Waals surface area contributed by atoms with Gasteiger partial charge in [0.15, 0.2) is 0 Å². The lowest BCUT2D eigenvalue weighted by atomic mass is 10.3. The van der Waals surface area contributed by atoms with Gasteiger partial charge >= 0.3 is 0 Å². The third-order valence-electron chi connectivity index (χ3n) is 3.68. The van der Waals surface area contributed by atoms with Crippen LogP contribution in [-0.4, -0.2) is 40.9 Å². The average Bonchev–Trinajstić information content (AvgIpc) is 3.24. The number of carbonyl (C=O) groups is 2. The topological polar surface area (TPSA) is 98.7 Å². The second-order valence-corrected chi connectivity index (χ2v) is 5.40. The zero-order chi connectivity index (χ0) is 16.9. The number of likely N-dealkylation sites (tertiary alicyclic amines) is 1. The first kappa shape index (κ1) is 15.8. The summed E-state index contributed by atoms with van der Waals surface area (Å²) in [5, 5.41) is 0. The third kappa shape index (κ3) is 3.81. The van der Waals surface area contributed by atoms with Gasteiger partial charge in [0.25, 0.3) is 5.91 Å². The van der Waals surface area contributed by atoms with E-state index in [4.69, 9.17) is 14.9 Å². The van der Waals surface area contributed by atoms with Gasteiger partial charge in [-0.1, -0.05) is 0 Å². The Morgan fingerprint density at radius 2 is 2.29 bits per heavy atom. The van der Waals surface area contributed by atoms with E-state index in [1.54, 1.807) is 35.4 Å². The molecule has 1 fully saturated rings. The van der Waals surface area contributed by atoms with Gasteiger partial charge in [-0.3, -0.25) is 14.6 Å². The lowest BCUT2D eigenvalue weighted by molar-refractivity contribution is -0.125. The van der Waals surface area contributed by atoms with Crippen molar-refractivity contribution in [3.8, 4) is 5.75 Å². The molecule has 7 heteroatoms. The molecule has 0 radical (unpaired) electrons. The molecule has 1 aliphatic heterocycles. The highest BCUT2D eigenvalue weighted by atomic mass is 16.5. The molecule has 0 aromatic carbocycles. The van der Waals surface area contributed by atoms with Gasteiger partial charge in [-0.15, -0.1) is 0 Å². The number of primary amides is 1. The Hall–Kier alpha value is -3.09. The van der Waals surface area contributed by atoms with Gasteiger partial charge in [-0.25, -0.2) is 0 Å². The number of ether oxygens (including phenoxy) is 1. The monoisotopic (exact) mass is 327 g/mol. The number of amides is 2. The molecule has 0 bridgehead atoms. The summed E-state index contributed by atoms with van der Waals surface area (Å²) in [6, 6.07) is 6.70. The van der Waals surface area contributed by atoms with Gasteiger partial charge in [0.2, 0.25) is 5.91 Å². The van der Waals surface area contributed by atoms with Gasteiger partial charge in [-0.05, 0) is 24.3 Å². The van der Waals surface area contributed by atoms with E-state index in [0.29, 0.717) is 31.0 Å². The van der Waals surface area contributed by atoms with Crippen LogP contribution >= 0.6 is 0 Å². The Labute approximate surface area is 138 Å². The van der Waals surface area contributed by atoms with Gasteiger partial charge in [0.05, 0.1) is 12.8 Å². The van der Waals surface area contributed by atoms with E-state index in [-0.39, 0.29) is 17.7 Å². The first-order valence-electron chi connectivity index (χ1n) is 7.55. The molecule has 3 heterocycles. The van der Waals surface area contributed by atoms with Gasteiger partial charge in [0.1, 0.15) is 23.3 Å². The Balaban J connectivity index is 1.56. The number of nitrogens with two attached hydrogens (primary N) is 1. The Morgan fingerprint density at radius 3 is 3.04 bits per heavy atom. The van der Waals surface area contributed by atoms with Crippen LogP contribution in [0, 0.1) is 0 Å². The maximum atomic E-state index is 12.2. The third-order valence-corrected chi connectivity index (χ3v) is 3.68. The molecule has 0 spiro atoms. The molecule has 2 amide bonds. The SMILES string of the molecule is NC(=O)c1cc(OC2CCN(C(=O)/C=C/c3ccco3)C2)ccn1. The summed E-state index contributed by atoms with van der Waals surface area (Å²) in [5.74, 6) is 0.451. The van der Waals surface area contributed by atoms with Gasteiger partial charge in [-0.2, -0.15) is 0 Å². The van der Waals surface area contributed by atoms with E-state index in [0.717, 1.165) is 0 Å². The van der Waals surface area contributed by atoms with Crippen LogP contribution in [0.4, 0.5) is 0 Å². The van der Waals surface area contributed by atoms with Crippen molar-refractivity contribution < 1.29 is 18.7 Å². The molecule has 2 aromatic rings. The summed E-state index contributed by atoms with van der Waals surface area (Å²) in [7, 11) is 0. The second-order valence-electron chi connectivity index (χ2n) is 5.40. The largest absolute Gasteiger partial charge is 0.488 e. The van der Waals surface area contributed by atoms with Crippen molar-refractivity contribution in [1.29, 1.82) is 0 Å². The second kappa shape index (κ2) is 6.99. The summed E-state index contributed by atoms with van der Waals surface area (Å²) in [6.45, 7) is 1.09. The first-order chi connectivity index (χ1) is 11.6. The predicted octanol–water partition coefficient (Wildman–Crippen LogP) is 1.47. The van der Waals surface area contributed by atoms with E-state index in [9.17, 15) is 9.59 Å². The quantitative estimate of drug-likeness (QED) is 0.838. The fourth-order valence-electron chi connectivity index (χ4n) is 2.48. The molecule has 1 unspecified atom stereocenters. The van der Waals surface area contributed by atoms with Crippen LogP contribution in [0.3, 0.4) is 0 Å². The van der Waals surface area contributed by atoms with Crippen molar-refractivity contribution in [3.05, 3.63) is 54.3 Å². The molecule has 2 aromatic heterocycles. The molecule has 0 aliphatic carbocycles. The Kier molecular flexibility index (Phi) is 4.60. The fourth-order valence-corrected chi connectivity index (χ4v) is 2.48. The number of aromatic nitrogens is 1. The van der Waals surface area contributed by atoms with Crippen LogP contribution in [0.1, 0.15) is 22.7 Å². The number of hydrogen-bond acceptors (Lipinski definition) is 5. The van der Waals surface area contributed by atoms with Crippen molar-refractivity contribution in [2.24, 2.45) is 5.73 Å². The van der Waals surface area contributed by atoms with E-state index in [1.165, 1.54) is 18.3 Å². The zero-order valence-electron chi connectivity index (χ0n) is 12.9. The van der Waals surface area contributed by atoms with Crippen LogP contribution in [-0.2, 0) is 4.79 Å². The molecule has 1 saturated heterocycles. The van der Waals surface area contributed by atoms with Crippen molar-refractivity contribution in [1.82, 2.24) is 9.88 Å². The normalized spacial score (nSPS) is 17.3. The van der Waals surface area contributed by atoms with Crippen molar-refractivity contribution in [2.45, 2.75) is 12.5 Å². The minimum atomic E-state index is -0.605. The van der Waals surface area contributed by atoms with Crippen molar-refractivity contribution in [3.63, 3.8) is 0 Å². The number of hydrogen-bond donors (Lipinski definition) is 1. The number of furan rings is 1. The van der Waals surface area contributed by atoms with Gasteiger partial charge < -0.3 is 19.8 Å². The summed E-state index contributed by atoms with van der Waals surface area (Å²) in [6.07, 6.45) is 6.73. The minimum absolute atomic E-state index is 0.0925. The highest BCUT2D eigenvalue weighted by Crippen LogP contribution is 2.19. The Bertz CT molecular complexity index is 755. The molecule has 1 aliphatic rings. The van der Waals surface area contributed by atoms with Gasteiger partial charge in [0, 0.05) is 31.3 Å². The summed E-state index contributed by atoms with van der Waals surface area (Å²) >= 11 is 0. The molecule has 24 heavy (non-hydrogen) atoms. The lowest BCUT2D eigenvalue weighted by Gasteiger charge is -2.16. The summed E-state index contributed by atoms with van der Waals surface area (Å²) in [5.41, 5.74) is 5.35. The molecule has 2 N–H and O–H groups in total. The maximum absolute atomic E-state index is 12.2. The standard InChI is InChI=1S/C17H17N3O4/c18-17(22)15-10-13(5-7-19-15)24-14-6-8-20(11-14)16(21)4-3-12-2-1-9-23-12/h1-5,7,9-10,14H,6,8,11H2,(H2,18,22)/b4-3+. The van der Waals surface area contributed by atoms with E-state index < -0.39 is 5.91 Å². The maximum Gasteiger partial charge on any atom is 0.267 e. The van der Waals surface area contributed by atoms with Crippen molar-refractivity contribution in [2.75, 3.05) is 13.1 Å². The number of pyridine rings is 1. The molecule has 124 valence electrons. The van der Waals surface area contributed by atoms with E-state index in [1.807, 2.05) is 0 Å². The molecular weight excluding hydrogens is 310 g/mol. The van der Waals surface area contributed by atoms with E-state index >= 15 is 0 Å². The summed E-state index contributed by atoms with van der Waals surface area (Å²) in [4.78, 5) is 28.9. The van der Waals surface area contributed by atoms with Crippen molar-refractivity contribution >= 4 is 17.9 Å².